The van der Waals surface area contributed by atoms with Gasteiger partial charge in [-0.25, -0.2) is 0 Å². The molecule has 0 radical (unpaired) electrons. The second-order valence-corrected chi connectivity index (χ2v) is 4.57. The molecule has 0 saturated carbocycles. The molecule has 1 aromatic heterocycles. The van der Waals surface area contributed by atoms with E-state index in [1.807, 2.05) is 30.5 Å². The molecule has 2 aromatic rings. The number of para-hydroxylation sites is 1. The molecular weight excluding hydrogens is 206 g/mol. The van der Waals surface area contributed by atoms with Crippen LogP contribution in [-0.2, 0) is 0 Å². The lowest BCUT2D eigenvalue weighted by molar-refractivity contribution is 0.176. The number of aliphatic hydroxyl groups is 1. The minimum Gasteiger partial charge on any atom is -0.388 e. The molecule has 2 N–H and O–H groups in total. The van der Waals surface area contributed by atoms with E-state index in [0.717, 1.165) is 28.6 Å². The fourth-order valence-electron chi connectivity index (χ4n) is 1.75. The van der Waals surface area contributed by atoms with Crippen molar-refractivity contribution < 1.29 is 5.11 Å². The quantitative estimate of drug-likeness (QED) is 0.832. The summed E-state index contributed by atoms with van der Waals surface area (Å²) in [5.41, 5.74) is 2.11. The number of aliphatic hydroxyl groups excluding tert-OH is 1. The van der Waals surface area contributed by atoms with E-state index >= 15 is 0 Å². The zero-order chi connectivity index (χ0) is 10.7. The highest BCUT2D eigenvalue weighted by Crippen LogP contribution is 2.26. The van der Waals surface area contributed by atoms with Gasteiger partial charge in [0.05, 0.1) is 6.10 Å². The zero-order valence-electron chi connectivity index (χ0n) is 8.73. The first-order valence-corrected chi connectivity index (χ1v) is 6.45. The zero-order valence-corrected chi connectivity index (χ0v) is 9.55. The molecule has 80 valence electrons. The van der Waals surface area contributed by atoms with Gasteiger partial charge >= 0.3 is 0 Å². The summed E-state index contributed by atoms with van der Waals surface area (Å²) in [6, 6.07) is 8.07. The van der Waals surface area contributed by atoms with E-state index in [-0.39, 0.29) is 6.10 Å². The van der Waals surface area contributed by atoms with Crippen molar-refractivity contribution >= 4 is 22.7 Å². The van der Waals surface area contributed by atoms with Gasteiger partial charge in [0.1, 0.15) is 0 Å². The number of hydrogen-bond donors (Lipinski definition) is 2. The molecule has 2 nitrogen and oxygen atoms in total. The summed E-state index contributed by atoms with van der Waals surface area (Å²) in [6.45, 7) is 0. The van der Waals surface area contributed by atoms with Gasteiger partial charge in [0.2, 0.25) is 0 Å². The Labute approximate surface area is 93.7 Å². The molecule has 0 aliphatic rings. The largest absolute Gasteiger partial charge is 0.388 e. The predicted molar refractivity (Wildman–Crippen MR) is 66.3 cm³/mol. The molecule has 3 heteroatoms. The number of rotatable bonds is 4. The number of H-pyrrole nitrogens is 1. The van der Waals surface area contributed by atoms with E-state index in [2.05, 4.69) is 11.2 Å². The maximum absolute atomic E-state index is 10.0. The summed E-state index contributed by atoms with van der Waals surface area (Å²) in [5.74, 6) is 0.987. The summed E-state index contributed by atoms with van der Waals surface area (Å²) >= 11 is 1.76. The topological polar surface area (TPSA) is 36.0 Å². The summed E-state index contributed by atoms with van der Waals surface area (Å²) < 4.78 is 0. The van der Waals surface area contributed by atoms with Crippen LogP contribution in [0.5, 0.6) is 0 Å². The van der Waals surface area contributed by atoms with Crippen molar-refractivity contribution in [2.75, 3.05) is 12.0 Å². The van der Waals surface area contributed by atoms with E-state index in [1.54, 1.807) is 11.8 Å². The Balaban J connectivity index is 2.27. The van der Waals surface area contributed by atoms with Crippen molar-refractivity contribution in [2.24, 2.45) is 0 Å². The van der Waals surface area contributed by atoms with Gasteiger partial charge in [-0.1, -0.05) is 18.2 Å². The van der Waals surface area contributed by atoms with Gasteiger partial charge in [-0.05, 0) is 24.5 Å². The molecule has 1 atom stereocenters. The Kier molecular flexibility index (Phi) is 3.34. The number of thioether (sulfide) groups is 1. The average molecular weight is 221 g/mol. The van der Waals surface area contributed by atoms with Crippen LogP contribution in [0.3, 0.4) is 0 Å². The van der Waals surface area contributed by atoms with Gasteiger partial charge in [0.25, 0.3) is 0 Å². The molecule has 0 aliphatic heterocycles. The Morgan fingerprint density at radius 2 is 2.20 bits per heavy atom. The van der Waals surface area contributed by atoms with Crippen LogP contribution in [0, 0.1) is 0 Å². The number of nitrogens with one attached hydrogen (secondary N) is 1. The van der Waals surface area contributed by atoms with Crippen LogP contribution in [0.1, 0.15) is 18.1 Å². The number of hydrogen-bond acceptors (Lipinski definition) is 2. The first-order chi connectivity index (χ1) is 7.33. The van der Waals surface area contributed by atoms with Crippen LogP contribution in [0.2, 0.25) is 0 Å². The maximum Gasteiger partial charge on any atom is 0.0818 e. The van der Waals surface area contributed by atoms with E-state index < -0.39 is 0 Å². The van der Waals surface area contributed by atoms with E-state index in [9.17, 15) is 5.11 Å². The maximum atomic E-state index is 10.0. The van der Waals surface area contributed by atoms with Crippen LogP contribution in [0.25, 0.3) is 10.9 Å². The molecule has 0 fully saturated rings. The lowest BCUT2D eigenvalue weighted by Gasteiger charge is -2.08. The Morgan fingerprint density at radius 3 is 3.00 bits per heavy atom. The molecule has 0 saturated heterocycles. The number of aromatic nitrogens is 1. The number of aromatic amines is 1. The summed E-state index contributed by atoms with van der Waals surface area (Å²) in [4.78, 5) is 3.18. The minimum atomic E-state index is -0.353. The lowest BCUT2D eigenvalue weighted by atomic mass is 10.1. The normalized spacial score (nSPS) is 13.2. The van der Waals surface area contributed by atoms with Crippen LogP contribution < -0.4 is 0 Å². The number of benzene rings is 1. The molecule has 0 bridgehead atoms. The minimum absolute atomic E-state index is 0.353. The molecule has 2 rings (SSSR count). The predicted octanol–water partition coefficient (Wildman–Crippen LogP) is 2.95. The van der Waals surface area contributed by atoms with Crippen LogP contribution in [0.15, 0.2) is 30.5 Å². The third kappa shape index (κ3) is 2.19. The highest BCUT2D eigenvalue weighted by molar-refractivity contribution is 7.98. The third-order valence-electron chi connectivity index (χ3n) is 2.58. The summed E-state index contributed by atoms with van der Waals surface area (Å²) in [6.07, 6.45) is 4.43. The first kappa shape index (κ1) is 10.6. The molecule has 1 unspecified atom stereocenters. The molecular formula is C12H15NOS. The summed E-state index contributed by atoms with van der Waals surface area (Å²) in [7, 11) is 0. The van der Waals surface area contributed by atoms with Crippen LogP contribution in [0.4, 0.5) is 0 Å². The second kappa shape index (κ2) is 4.73. The van der Waals surface area contributed by atoms with Gasteiger partial charge in [-0.15, -0.1) is 0 Å². The lowest BCUT2D eigenvalue weighted by Crippen LogP contribution is -1.97. The van der Waals surface area contributed by atoms with E-state index in [0.29, 0.717) is 0 Å². The standard InChI is InChI=1S/C12H15NOS/c1-15-7-6-12(14)10-8-13-11-5-3-2-4-9(10)11/h2-5,8,12-14H,6-7H2,1H3. The SMILES string of the molecule is CSCCC(O)c1c[nH]c2ccccc12. The van der Waals surface area contributed by atoms with Crippen LogP contribution >= 0.6 is 11.8 Å². The van der Waals surface area contributed by atoms with Crippen molar-refractivity contribution in [3.8, 4) is 0 Å². The second-order valence-electron chi connectivity index (χ2n) is 3.59. The smallest absolute Gasteiger partial charge is 0.0818 e. The molecule has 0 spiro atoms. The van der Waals surface area contributed by atoms with E-state index in [4.69, 9.17) is 0 Å². The average Bonchev–Trinajstić information content (AvgIpc) is 2.69. The Morgan fingerprint density at radius 1 is 1.40 bits per heavy atom. The highest BCUT2D eigenvalue weighted by Gasteiger charge is 2.11. The fraction of sp³-hybridized carbons (Fsp3) is 0.333. The molecule has 1 aromatic carbocycles. The van der Waals surface area contributed by atoms with Crippen molar-refractivity contribution in [2.45, 2.75) is 12.5 Å². The van der Waals surface area contributed by atoms with Crippen molar-refractivity contribution in [3.05, 3.63) is 36.0 Å². The highest BCUT2D eigenvalue weighted by atomic mass is 32.2. The Bertz CT molecular complexity index is 438. The first-order valence-electron chi connectivity index (χ1n) is 5.06. The molecule has 0 aliphatic carbocycles. The van der Waals surface area contributed by atoms with Gasteiger partial charge in [0, 0.05) is 22.7 Å². The van der Waals surface area contributed by atoms with Crippen LogP contribution in [-0.4, -0.2) is 22.1 Å². The monoisotopic (exact) mass is 221 g/mol. The van der Waals surface area contributed by atoms with Gasteiger partial charge in [-0.2, -0.15) is 11.8 Å². The van der Waals surface area contributed by atoms with Crippen molar-refractivity contribution in [1.82, 2.24) is 4.98 Å². The van der Waals surface area contributed by atoms with Crippen molar-refractivity contribution in [1.29, 1.82) is 0 Å². The number of fused-ring (bicyclic) bond motifs is 1. The Hall–Kier alpha value is -0.930. The van der Waals surface area contributed by atoms with Crippen molar-refractivity contribution in [3.63, 3.8) is 0 Å². The molecule has 0 amide bonds. The van der Waals surface area contributed by atoms with Gasteiger partial charge < -0.3 is 10.1 Å². The molecule has 1 heterocycles. The van der Waals surface area contributed by atoms with Gasteiger partial charge in [-0.3, -0.25) is 0 Å². The summed E-state index contributed by atoms with van der Waals surface area (Å²) in [5, 5.41) is 11.1. The third-order valence-corrected chi connectivity index (χ3v) is 3.22. The van der Waals surface area contributed by atoms with Gasteiger partial charge in [0.15, 0.2) is 0 Å². The fourth-order valence-corrected chi connectivity index (χ4v) is 2.21. The molecule has 15 heavy (non-hydrogen) atoms. The van der Waals surface area contributed by atoms with E-state index in [1.165, 1.54) is 0 Å².